The molecule has 17 heavy (non-hydrogen) atoms. The van der Waals surface area contributed by atoms with Crippen molar-refractivity contribution in [2.75, 3.05) is 6.61 Å². The Morgan fingerprint density at radius 3 is 2.41 bits per heavy atom. The summed E-state index contributed by atoms with van der Waals surface area (Å²) in [6.07, 6.45) is -0.591. The van der Waals surface area contributed by atoms with Crippen molar-refractivity contribution in [2.24, 2.45) is 5.73 Å². The molecule has 6 nitrogen and oxygen atoms in total. The van der Waals surface area contributed by atoms with Gasteiger partial charge in [-0.2, -0.15) is 0 Å². The molecule has 0 aromatic rings. The Morgan fingerprint density at radius 2 is 2.06 bits per heavy atom. The van der Waals surface area contributed by atoms with Crippen LogP contribution < -0.4 is 5.73 Å². The number of carbonyl (C=O) groups excluding carboxylic acids is 1. The molecule has 0 bridgehead atoms. The van der Waals surface area contributed by atoms with Gasteiger partial charge in [0.05, 0.1) is 11.4 Å². The Hall–Kier alpha value is -0.500. The Labute approximate surface area is 104 Å². The summed E-state index contributed by atoms with van der Waals surface area (Å²) in [6.45, 7) is 4.54. The van der Waals surface area contributed by atoms with Gasteiger partial charge < -0.3 is 20.1 Å². The van der Waals surface area contributed by atoms with Crippen molar-refractivity contribution in [3.8, 4) is 0 Å². The van der Waals surface area contributed by atoms with Crippen LogP contribution in [0.4, 0.5) is 0 Å². The minimum absolute atomic E-state index is 0.0665. The summed E-state index contributed by atoms with van der Waals surface area (Å²) < 4.78 is 24.8. The third-order valence-corrected chi connectivity index (χ3v) is 2.98. The molecule has 0 amide bonds. The zero-order chi connectivity index (χ0) is 13.6. The molecular formula is C10H21NO5S. The highest BCUT2D eigenvalue weighted by Gasteiger charge is 2.26. The number of esters is 1. The SMILES string of the molecule is CC(=O)OCC(O)CC(CC(C)(C)N)S(=O)O. The van der Waals surface area contributed by atoms with E-state index in [1.165, 1.54) is 6.92 Å². The first kappa shape index (κ1) is 16.5. The Kier molecular flexibility index (Phi) is 6.84. The maximum atomic E-state index is 11.1. The average Bonchev–Trinajstić information content (AvgIpc) is 2.11. The monoisotopic (exact) mass is 267 g/mol. The minimum atomic E-state index is -2.07. The minimum Gasteiger partial charge on any atom is -0.463 e. The highest BCUT2D eigenvalue weighted by Crippen LogP contribution is 2.16. The van der Waals surface area contributed by atoms with Crippen molar-refractivity contribution in [2.45, 2.75) is 50.5 Å². The predicted octanol–water partition coefficient (Wildman–Crippen LogP) is 0.0182. The highest BCUT2D eigenvalue weighted by atomic mass is 32.2. The second-order valence-corrected chi connectivity index (χ2v) is 6.00. The molecule has 0 heterocycles. The van der Waals surface area contributed by atoms with Crippen molar-refractivity contribution in [1.82, 2.24) is 0 Å². The average molecular weight is 267 g/mol. The van der Waals surface area contributed by atoms with Crippen LogP contribution in [0.5, 0.6) is 0 Å². The number of nitrogens with two attached hydrogens (primary N) is 1. The van der Waals surface area contributed by atoms with Crippen molar-refractivity contribution in [3.63, 3.8) is 0 Å². The summed E-state index contributed by atoms with van der Waals surface area (Å²) >= 11 is -2.07. The van der Waals surface area contributed by atoms with Gasteiger partial charge >= 0.3 is 5.97 Å². The van der Waals surface area contributed by atoms with Crippen LogP contribution in [0.25, 0.3) is 0 Å². The van der Waals surface area contributed by atoms with Gasteiger partial charge in [-0.15, -0.1) is 0 Å². The molecule has 102 valence electrons. The molecule has 0 spiro atoms. The van der Waals surface area contributed by atoms with E-state index in [0.717, 1.165) is 0 Å². The molecule has 0 aromatic carbocycles. The van der Waals surface area contributed by atoms with Gasteiger partial charge in [0.25, 0.3) is 0 Å². The highest BCUT2D eigenvalue weighted by molar-refractivity contribution is 7.79. The van der Waals surface area contributed by atoms with E-state index in [1.807, 2.05) is 0 Å². The summed E-state index contributed by atoms with van der Waals surface area (Å²) in [5.74, 6) is -0.495. The van der Waals surface area contributed by atoms with Gasteiger partial charge in [0.1, 0.15) is 6.61 Å². The second-order valence-electron chi connectivity index (χ2n) is 4.78. The third kappa shape index (κ3) is 9.22. The van der Waals surface area contributed by atoms with Crippen molar-refractivity contribution >= 4 is 17.0 Å². The van der Waals surface area contributed by atoms with Gasteiger partial charge in [0.15, 0.2) is 11.1 Å². The number of rotatable bonds is 7. The number of carbonyl (C=O) groups is 1. The second kappa shape index (κ2) is 7.05. The van der Waals surface area contributed by atoms with Gasteiger partial charge in [-0.25, -0.2) is 4.21 Å². The van der Waals surface area contributed by atoms with E-state index in [2.05, 4.69) is 4.74 Å². The third-order valence-electron chi connectivity index (χ3n) is 2.05. The molecule has 0 aromatic heterocycles. The lowest BCUT2D eigenvalue weighted by Crippen LogP contribution is -2.39. The van der Waals surface area contributed by atoms with Crippen LogP contribution in [0.1, 0.15) is 33.6 Å². The first-order valence-electron chi connectivity index (χ1n) is 5.32. The maximum Gasteiger partial charge on any atom is 0.302 e. The topological polar surface area (TPSA) is 110 Å². The van der Waals surface area contributed by atoms with Gasteiger partial charge in [-0.1, -0.05) is 0 Å². The molecule has 0 aliphatic heterocycles. The summed E-state index contributed by atoms with van der Waals surface area (Å²) in [7, 11) is 0. The van der Waals surface area contributed by atoms with Gasteiger partial charge in [-0.05, 0) is 26.7 Å². The quantitative estimate of drug-likeness (QED) is 0.443. The van der Waals surface area contributed by atoms with Gasteiger partial charge in [0.2, 0.25) is 0 Å². The molecule has 0 radical (unpaired) electrons. The molecule has 0 rings (SSSR count). The molecule has 0 aliphatic carbocycles. The standard InChI is InChI=1S/C10H21NO5S/c1-7(12)16-6-8(13)4-9(17(14)15)5-10(2,3)11/h8-9,13H,4-6,11H2,1-3H3,(H,14,15). The molecule has 0 saturated heterocycles. The lowest BCUT2D eigenvalue weighted by Gasteiger charge is -2.25. The number of aliphatic hydroxyl groups excluding tert-OH is 1. The first-order valence-corrected chi connectivity index (χ1v) is 6.49. The Bertz CT molecular complexity index is 276. The normalized spacial score (nSPS) is 17.3. The maximum absolute atomic E-state index is 11.1. The van der Waals surface area contributed by atoms with E-state index in [4.69, 9.17) is 10.3 Å². The lowest BCUT2D eigenvalue weighted by molar-refractivity contribution is -0.144. The summed E-state index contributed by atoms with van der Waals surface area (Å²) in [4.78, 5) is 10.5. The van der Waals surface area contributed by atoms with Gasteiger partial charge in [0, 0.05) is 12.5 Å². The van der Waals surface area contributed by atoms with Crippen molar-refractivity contribution < 1.29 is 23.4 Å². The Morgan fingerprint density at radius 1 is 1.53 bits per heavy atom. The van der Waals surface area contributed by atoms with Crippen molar-refractivity contribution in [3.05, 3.63) is 0 Å². The zero-order valence-electron chi connectivity index (χ0n) is 10.4. The largest absolute Gasteiger partial charge is 0.463 e. The van der Waals surface area contributed by atoms with Crippen LogP contribution in [0, 0.1) is 0 Å². The summed E-state index contributed by atoms with van der Waals surface area (Å²) in [6, 6.07) is 0. The predicted molar refractivity (Wildman–Crippen MR) is 64.7 cm³/mol. The molecule has 3 unspecified atom stereocenters. The van der Waals surface area contributed by atoms with E-state index >= 15 is 0 Å². The van der Waals surface area contributed by atoms with E-state index in [9.17, 15) is 14.1 Å². The molecule has 4 N–H and O–H groups in total. The fourth-order valence-electron chi connectivity index (χ4n) is 1.41. The number of aliphatic hydroxyl groups is 1. The van der Waals surface area contributed by atoms with Crippen molar-refractivity contribution in [1.29, 1.82) is 0 Å². The van der Waals surface area contributed by atoms with Crippen LogP contribution in [0.15, 0.2) is 0 Å². The van der Waals surface area contributed by atoms with Crippen LogP contribution in [0.2, 0.25) is 0 Å². The smallest absolute Gasteiger partial charge is 0.302 e. The Balaban J connectivity index is 4.25. The molecule has 0 fully saturated rings. The van der Waals surface area contributed by atoms with Crippen LogP contribution in [-0.4, -0.2) is 43.3 Å². The van der Waals surface area contributed by atoms with Gasteiger partial charge in [-0.3, -0.25) is 4.79 Å². The summed E-state index contributed by atoms with van der Waals surface area (Å²) in [5, 5.41) is 8.91. The van der Waals surface area contributed by atoms with E-state index in [0.29, 0.717) is 6.42 Å². The molecule has 0 aliphatic rings. The number of ether oxygens (including phenoxy) is 1. The van der Waals surface area contributed by atoms with Crippen LogP contribution in [0.3, 0.4) is 0 Å². The fraction of sp³-hybridized carbons (Fsp3) is 0.900. The molecule has 7 heteroatoms. The lowest BCUT2D eigenvalue weighted by atomic mass is 9.97. The first-order chi connectivity index (χ1) is 7.61. The van der Waals surface area contributed by atoms with Crippen LogP contribution in [-0.2, 0) is 20.6 Å². The fourth-order valence-corrected chi connectivity index (χ4v) is 2.37. The van der Waals surface area contributed by atoms with E-state index in [1.54, 1.807) is 13.8 Å². The zero-order valence-corrected chi connectivity index (χ0v) is 11.2. The summed E-state index contributed by atoms with van der Waals surface area (Å²) in [5.41, 5.74) is 5.17. The number of hydrogen-bond donors (Lipinski definition) is 3. The van der Waals surface area contributed by atoms with E-state index < -0.39 is 33.9 Å². The van der Waals surface area contributed by atoms with E-state index in [-0.39, 0.29) is 13.0 Å². The van der Waals surface area contributed by atoms with Crippen LogP contribution >= 0.6 is 0 Å². The molecule has 3 atom stereocenters. The number of hydrogen-bond acceptors (Lipinski definition) is 5. The molecule has 0 saturated carbocycles. The molecular weight excluding hydrogens is 246 g/mol.